The Kier molecular flexibility index (Phi) is 4.07. The van der Waals surface area contributed by atoms with Gasteiger partial charge in [-0.2, -0.15) is 5.10 Å². The predicted octanol–water partition coefficient (Wildman–Crippen LogP) is 1.98. The topological polar surface area (TPSA) is 47.3 Å². The van der Waals surface area contributed by atoms with E-state index in [2.05, 4.69) is 5.10 Å². The van der Waals surface area contributed by atoms with Crippen molar-refractivity contribution in [2.75, 3.05) is 6.61 Å². The summed E-state index contributed by atoms with van der Waals surface area (Å²) in [7, 11) is 1.93. The quantitative estimate of drug-likeness (QED) is 0.871. The first-order valence-electron chi connectivity index (χ1n) is 6.89. The SMILES string of the molecule is CCOC1(C(O)Cc2cc(C)nn2C)CCCC1. The number of aryl methyl sites for hydroxylation is 2. The van der Waals surface area contributed by atoms with E-state index in [-0.39, 0.29) is 5.60 Å². The van der Waals surface area contributed by atoms with Crippen LogP contribution in [0, 0.1) is 6.92 Å². The minimum atomic E-state index is -0.435. The van der Waals surface area contributed by atoms with Gasteiger partial charge in [0.25, 0.3) is 0 Å². The number of aliphatic hydroxyl groups excluding tert-OH is 1. The monoisotopic (exact) mass is 252 g/mol. The van der Waals surface area contributed by atoms with Gasteiger partial charge in [0.2, 0.25) is 0 Å². The van der Waals surface area contributed by atoms with E-state index in [0.29, 0.717) is 13.0 Å². The van der Waals surface area contributed by atoms with Crippen molar-refractivity contribution < 1.29 is 9.84 Å². The van der Waals surface area contributed by atoms with Gasteiger partial charge in [0.15, 0.2) is 0 Å². The maximum absolute atomic E-state index is 10.6. The molecule has 1 aliphatic rings. The van der Waals surface area contributed by atoms with Crippen LogP contribution in [0.15, 0.2) is 6.07 Å². The molecule has 0 amide bonds. The first kappa shape index (κ1) is 13.6. The molecule has 102 valence electrons. The summed E-state index contributed by atoms with van der Waals surface area (Å²) >= 11 is 0. The molecule has 1 N–H and O–H groups in total. The van der Waals surface area contributed by atoms with E-state index < -0.39 is 6.10 Å². The fraction of sp³-hybridized carbons (Fsp3) is 0.786. The molecule has 4 heteroatoms. The number of nitrogens with zero attached hydrogens (tertiary/aromatic N) is 2. The lowest BCUT2D eigenvalue weighted by molar-refractivity contribution is -0.116. The summed E-state index contributed by atoms with van der Waals surface area (Å²) in [4.78, 5) is 0. The Morgan fingerprint density at radius 1 is 1.50 bits per heavy atom. The molecule has 1 aliphatic carbocycles. The average molecular weight is 252 g/mol. The van der Waals surface area contributed by atoms with E-state index in [1.165, 1.54) is 0 Å². The second kappa shape index (κ2) is 5.41. The highest BCUT2D eigenvalue weighted by atomic mass is 16.5. The van der Waals surface area contributed by atoms with E-state index in [9.17, 15) is 5.11 Å². The summed E-state index contributed by atoms with van der Waals surface area (Å²) in [6, 6.07) is 2.04. The zero-order chi connectivity index (χ0) is 13.2. The fourth-order valence-electron chi connectivity index (χ4n) is 3.07. The largest absolute Gasteiger partial charge is 0.390 e. The lowest BCUT2D eigenvalue weighted by Crippen LogP contribution is -2.44. The fourth-order valence-corrected chi connectivity index (χ4v) is 3.07. The second-order valence-corrected chi connectivity index (χ2v) is 5.33. The molecule has 1 heterocycles. The van der Waals surface area contributed by atoms with Gasteiger partial charge in [-0.25, -0.2) is 0 Å². The van der Waals surface area contributed by atoms with Crippen molar-refractivity contribution in [1.29, 1.82) is 0 Å². The van der Waals surface area contributed by atoms with E-state index in [0.717, 1.165) is 37.1 Å². The Morgan fingerprint density at radius 3 is 2.67 bits per heavy atom. The highest BCUT2D eigenvalue weighted by molar-refractivity contribution is 5.11. The summed E-state index contributed by atoms with van der Waals surface area (Å²) in [5.74, 6) is 0. The lowest BCUT2D eigenvalue weighted by Gasteiger charge is -2.34. The highest BCUT2D eigenvalue weighted by Crippen LogP contribution is 2.37. The molecule has 1 fully saturated rings. The molecular weight excluding hydrogens is 228 g/mol. The molecule has 0 bridgehead atoms. The molecule has 1 atom stereocenters. The number of ether oxygens (including phenoxy) is 1. The van der Waals surface area contributed by atoms with Gasteiger partial charge in [0, 0.05) is 25.8 Å². The Hall–Kier alpha value is -0.870. The van der Waals surface area contributed by atoms with E-state index >= 15 is 0 Å². The van der Waals surface area contributed by atoms with Crippen molar-refractivity contribution >= 4 is 0 Å². The van der Waals surface area contributed by atoms with Gasteiger partial charge in [-0.3, -0.25) is 4.68 Å². The molecule has 4 nitrogen and oxygen atoms in total. The van der Waals surface area contributed by atoms with Crippen molar-refractivity contribution in [1.82, 2.24) is 9.78 Å². The number of rotatable bonds is 5. The molecule has 18 heavy (non-hydrogen) atoms. The Labute approximate surface area is 109 Å². The normalized spacial score (nSPS) is 20.2. The van der Waals surface area contributed by atoms with Crippen molar-refractivity contribution in [3.05, 3.63) is 17.5 Å². The third-order valence-corrected chi connectivity index (χ3v) is 3.99. The molecule has 2 rings (SSSR count). The average Bonchev–Trinajstić information content (AvgIpc) is 2.88. The van der Waals surface area contributed by atoms with Crippen LogP contribution >= 0.6 is 0 Å². The lowest BCUT2D eigenvalue weighted by atomic mass is 9.91. The molecule has 0 radical (unpaired) electrons. The minimum absolute atomic E-state index is 0.326. The molecule has 0 spiro atoms. The van der Waals surface area contributed by atoms with Crippen LogP contribution in [0.2, 0.25) is 0 Å². The number of aliphatic hydroxyl groups is 1. The number of aromatic nitrogens is 2. The second-order valence-electron chi connectivity index (χ2n) is 5.33. The van der Waals surface area contributed by atoms with Gasteiger partial charge in [-0.1, -0.05) is 12.8 Å². The first-order valence-corrected chi connectivity index (χ1v) is 6.89. The van der Waals surface area contributed by atoms with E-state index in [1.807, 2.05) is 31.6 Å². The minimum Gasteiger partial charge on any atom is -0.390 e. The number of hydrogen-bond donors (Lipinski definition) is 1. The molecule has 1 saturated carbocycles. The maximum atomic E-state index is 10.6. The van der Waals surface area contributed by atoms with Crippen LogP contribution in [0.25, 0.3) is 0 Å². The molecule has 1 aromatic rings. The van der Waals surface area contributed by atoms with Crippen LogP contribution in [0.5, 0.6) is 0 Å². The zero-order valence-corrected chi connectivity index (χ0v) is 11.6. The van der Waals surface area contributed by atoms with Gasteiger partial charge in [0.05, 0.1) is 17.4 Å². The molecule has 1 aromatic heterocycles. The third kappa shape index (κ3) is 2.59. The van der Waals surface area contributed by atoms with Gasteiger partial charge >= 0.3 is 0 Å². The molecule has 0 aromatic carbocycles. The zero-order valence-electron chi connectivity index (χ0n) is 11.6. The first-order chi connectivity index (χ1) is 8.57. The Morgan fingerprint density at radius 2 is 2.17 bits per heavy atom. The summed E-state index contributed by atoms with van der Waals surface area (Å²) in [6.45, 7) is 4.65. The standard InChI is InChI=1S/C14H24N2O2/c1-4-18-14(7-5-6-8-14)13(17)10-12-9-11(2)15-16(12)3/h9,13,17H,4-8,10H2,1-3H3. The van der Waals surface area contributed by atoms with Crippen LogP contribution in [0.3, 0.4) is 0 Å². The van der Waals surface area contributed by atoms with Crippen molar-refractivity contribution in [3.8, 4) is 0 Å². The number of hydrogen-bond acceptors (Lipinski definition) is 3. The van der Waals surface area contributed by atoms with Gasteiger partial charge < -0.3 is 9.84 Å². The summed E-state index contributed by atoms with van der Waals surface area (Å²) in [5.41, 5.74) is 1.75. The molecular formula is C14H24N2O2. The predicted molar refractivity (Wildman–Crippen MR) is 70.5 cm³/mol. The molecule has 0 saturated heterocycles. The van der Waals surface area contributed by atoms with Crippen LogP contribution < -0.4 is 0 Å². The van der Waals surface area contributed by atoms with Crippen LogP contribution in [-0.2, 0) is 18.2 Å². The molecule has 1 unspecified atom stereocenters. The summed E-state index contributed by atoms with van der Waals surface area (Å²) in [5, 5.41) is 14.9. The van der Waals surface area contributed by atoms with Gasteiger partial charge in [-0.15, -0.1) is 0 Å². The van der Waals surface area contributed by atoms with Crippen LogP contribution in [0.4, 0.5) is 0 Å². The maximum Gasteiger partial charge on any atom is 0.0943 e. The Bertz CT molecular complexity index is 394. The summed E-state index contributed by atoms with van der Waals surface area (Å²) < 4.78 is 7.75. The van der Waals surface area contributed by atoms with Gasteiger partial charge in [-0.05, 0) is 32.8 Å². The van der Waals surface area contributed by atoms with E-state index in [4.69, 9.17) is 4.74 Å². The van der Waals surface area contributed by atoms with Crippen molar-refractivity contribution in [3.63, 3.8) is 0 Å². The van der Waals surface area contributed by atoms with Crippen molar-refractivity contribution in [2.24, 2.45) is 7.05 Å². The highest BCUT2D eigenvalue weighted by Gasteiger charge is 2.41. The van der Waals surface area contributed by atoms with Crippen LogP contribution in [0.1, 0.15) is 44.0 Å². The third-order valence-electron chi connectivity index (χ3n) is 3.99. The van der Waals surface area contributed by atoms with Crippen LogP contribution in [-0.4, -0.2) is 33.2 Å². The van der Waals surface area contributed by atoms with E-state index in [1.54, 1.807) is 0 Å². The van der Waals surface area contributed by atoms with Crippen molar-refractivity contribution in [2.45, 2.75) is 57.7 Å². The summed E-state index contributed by atoms with van der Waals surface area (Å²) in [6.07, 6.45) is 4.44. The smallest absolute Gasteiger partial charge is 0.0943 e. The molecule has 0 aliphatic heterocycles. The Balaban J connectivity index is 2.10. The van der Waals surface area contributed by atoms with Gasteiger partial charge in [0.1, 0.15) is 0 Å².